The van der Waals surface area contributed by atoms with E-state index in [-0.39, 0.29) is 11.8 Å². The first-order valence-corrected chi connectivity index (χ1v) is 14.4. The molecular weight excluding hydrogens is 464 g/mol. The van der Waals surface area contributed by atoms with Crippen molar-refractivity contribution in [3.63, 3.8) is 0 Å². The molecule has 2 aromatic rings. The van der Waals surface area contributed by atoms with Crippen molar-refractivity contribution in [3.05, 3.63) is 30.5 Å². The molecule has 2 aliphatic carbocycles. The highest BCUT2D eigenvalue weighted by Gasteiger charge is 2.34. The first-order chi connectivity index (χ1) is 17.9. The summed E-state index contributed by atoms with van der Waals surface area (Å²) in [5, 5.41) is 10.1. The van der Waals surface area contributed by atoms with Gasteiger partial charge in [-0.1, -0.05) is 57.4 Å². The second-order valence-electron chi connectivity index (χ2n) is 11.8. The highest BCUT2D eigenvalue weighted by molar-refractivity contribution is 5.92. The Bertz CT molecular complexity index is 1010. The number of nitrogens with one attached hydrogen (secondary N) is 1. The number of piperazine rings is 1. The highest BCUT2D eigenvalue weighted by atomic mass is 16.4. The fourth-order valence-electron chi connectivity index (χ4n) is 6.48. The van der Waals surface area contributed by atoms with Gasteiger partial charge in [0.05, 0.1) is 11.3 Å². The van der Waals surface area contributed by atoms with E-state index in [1.54, 1.807) is 0 Å². The lowest BCUT2D eigenvalue weighted by molar-refractivity contribution is -0.149. The number of carboxylic acids is 1. The number of rotatable bonds is 7. The van der Waals surface area contributed by atoms with Gasteiger partial charge in [-0.25, -0.2) is 0 Å². The van der Waals surface area contributed by atoms with E-state index in [9.17, 15) is 9.59 Å². The van der Waals surface area contributed by atoms with E-state index in [4.69, 9.17) is 10.8 Å². The topological polar surface area (TPSA) is 103 Å². The lowest BCUT2D eigenvalue weighted by Gasteiger charge is -2.38. The Hall–Kier alpha value is -2.54. The molecule has 4 N–H and O–H groups in total. The van der Waals surface area contributed by atoms with E-state index in [1.165, 1.54) is 55.1 Å². The van der Waals surface area contributed by atoms with Gasteiger partial charge in [0, 0.05) is 55.5 Å². The van der Waals surface area contributed by atoms with Crippen molar-refractivity contribution < 1.29 is 14.7 Å². The Kier molecular flexibility index (Phi) is 9.52. The number of H-pyrrole nitrogens is 1. The van der Waals surface area contributed by atoms with Crippen LogP contribution >= 0.6 is 0 Å². The molecule has 1 aromatic heterocycles. The number of aromatic nitrogens is 1. The Morgan fingerprint density at radius 1 is 1.03 bits per heavy atom. The van der Waals surface area contributed by atoms with Crippen LogP contribution in [0.25, 0.3) is 10.9 Å². The fourth-order valence-corrected chi connectivity index (χ4v) is 6.48. The van der Waals surface area contributed by atoms with Gasteiger partial charge in [-0.2, -0.15) is 0 Å². The summed E-state index contributed by atoms with van der Waals surface area (Å²) in [6.45, 7) is 6.67. The number of anilines is 1. The van der Waals surface area contributed by atoms with Crippen molar-refractivity contribution in [2.75, 3.05) is 37.6 Å². The number of benzene rings is 1. The SMILES string of the molecule is CC1(C(=O)O)CCCCC1.NC(=O)[C@H](CC1CCCCC1)CN1CCN(c2cccc3[nH]ccc23)CC1. The fraction of sp³-hybridized carbons (Fsp3) is 0.667. The van der Waals surface area contributed by atoms with Crippen molar-refractivity contribution in [2.45, 2.75) is 77.6 Å². The number of carbonyl (C=O) groups is 2. The minimum absolute atomic E-state index is 0.00718. The smallest absolute Gasteiger partial charge is 0.309 e. The second-order valence-corrected chi connectivity index (χ2v) is 11.8. The minimum Gasteiger partial charge on any atom is -0.481 e. The maximum absolute atomic E-state index is 12.0. The normalized spacial score (nSPS) is 21.7. The van der Waals surface area contributed by atoms with E-state index in [0.717, 1.165) is 64.8 Å². The van der Waals surface area contributed by atoms with Crippen molar-refractivity contribution in [1.29, 1.82) is 0 Å². The van der Waals surface area contributed by atoms with Gasteiger partial charge in [0.1, 0.15) is 0 Å². The number of carbonyl (C=O) groups excluding carboxylic acids is 1. The van der Waals surface area contributed by atoms with Gasteiger partial charge in [-0.05, 0) is 50.3 Å². The van der Waals surface area contributed by atoms with Gasteiger partial charge in [0.25, 0.3) is 0 Å². The van der Waals surface area contributed by atoms with Crippen LogP contribution in [0.15, 0.2) is 30.5 Å². The summed E-state index contributed by atoms with van der Waals surface area (Å²) in [7, 11) is 0. The van der Waals surface area contributed by atoms with Crippen LogP contribution in [0.1, 0.15) is 77.6 Å². The van der Waals surface area contributed by atoms with E-state index >= 15 is 0 Å². The third-order valence-corrected chi connectivity index (χ3v) is 8.98. The summed E-state index contributed by atoms with van der Waals surface area (Å²) in [4.78, 5) is 30.9. The van der Waals surface area contributed by atoms with Gasteiger partial charge < -0.3 is 20.7 Å². The molecule has 1 atom stereocenters. The number of carboxylic acid groups (broad SMARTS) is 1. The summed E-state index contributed by atoms with van der Waals surface area (Å²) in [6, 6.07) is 8.61. The number of nitrogens with zero attached hydrogens (tertiary/aromatic N) is 2. The first kappa shape index (κ1) is 27.5. The summed E-state index contributed by atoms with van der Waals surface area (Å²) < 4.78 is 0. The Morgan fingerprint density at radius 3 is 2.32 bits per heavy atom. The molecule has 1 aliphatic heterocycles. The largest absolute Gasteiger partial charge is 0.481 e. The number of aromatic amines is 1. The number of hydrogen-bond acceptors (Lipinski definition) is 4. The molecule has 2 heterocycles. The van der Waals surface area contributed by atoms with E-state index in [0.29, 0.717) is 5.92 Å². The Balaban J connectivity index is 0.000000270. The molecule has 3 aliphatic rings. The molecule has 0 bridgehead atoms. The quantitative estimate of drug-likeness (QED) is 0.463. The van der Waals surface area contributed by atoms with Crippen LogP contribution < -0.4 is 10.6 Å². The number of nitrogens with two attached hydrogens (primary N) is 1. The average Bonchev–Trinajstić information content (AvgIpc) is 3.39. The first-order valence-electron chi connectivity index (χ1n) is 14.4. The number of amides is 1. The molecule has 0 spiro atoms. The van der Waals surface area contributed by atoms with Gasteiger partial charge in [-0.15, -0.1) is 0 Å². The third kappa shape index (κ3) is 7.28. The molecule has 0 unspecified atom stereocenters. The summed E-state index contributed by atoms with van der Waals surface area (Å²) in [6.07, 6.45) is 14.6. The molecule has 3 fully saturated rings. The van der Waals surface area contributed by atoms with Crippen molar-refractivity contribution >= 4 is 28.5 Å². The van der Waals surface area contributed by atoms with Crippen molar-refractivity contribution in [2.24, 2.45) is 23.0 Å². The van der Waals surface area contributed by atoms with Crippen LogP contribution in [0.4, 0.5) is 5.69 Å². The molecule has 204 valence electrons. The molecule has 1 aromatic carbocycles. The second kappa shape index (κ2) is 12.8. The minimum atomic E-state index is -0.618. The maximum atomic E-state index is 12.0. The summed E-state index contributed by atoms with van der Waals surface area (Å²) in [5.74, 6) is -0.0243. The molecule has 7 heteroatoms. The number of aliphatic carboxylic acids is 1. The molecule has 7 nitrogen and oxygen atoms in total. The lowest BCUT2D eigenvalue weighted by atomic mass is 9.76. The lowest BCUT2D eigenvalue weighted by Crippen LogP contribution is -2.49. The Labute approximate surface area is 221 Å². The molecule has 1 amide bonds. The van der Waals surface area contributed by atoms with Crippen molar-refractivity contribution in [1.82, 2.24) is 9.88 Å². The predicted molar refractivity (Wildman–Crippen MR) is 150 cm³/mol. The molecule has 1 saturated heterocycles. The molecule has 5 rings (SSSR count). The maximum Gasteiger partial charge on any atom is 0.309 e. The zero-order chi connectivity index (χ0) is 26.3. The summed E-state index contributed by atoms with van der Waals surface area (Å²) in [5.41, 5.74) is 7.85. The average molecular weight is 511 g/mol. The van der Waals surface area contributed by atoms with Crippen LogP contribution in [0.2, 0.25) is 0 Å². The van der Waals surface area contributed by atoms with Crippen LogP contribution in [0.3, 0.4) is 0 Å². The van der Waals surface area contributed by atoms with Crippen molar-refractivity contribution in [3.8, 4) is 0 Å². The van der Waals surface area contributed by atoms with E-state index < -0.39 is 11.4 Å². The molecular formula is C30H46N4O3. The van der Waals surface area contributed by atoms with E-state index in [1.807, 2.05) is 13.1 Å². The summed E-state index contributed by atoms with van der Waals surface area (Å²) >= 11 is 0. The Morgan fingerprint density at radius 2 is 1.70 bits per heavy atom. The predicted octanol–water partition coefficient (Wildman–Crippen LogP) is 5.40. The number of primary amides is 1. The third-order valence-electron chi connectivity index (χ3n) is 8.98. The van der Waals surface area contributed by atoms with Gasteiger partial charge >= 0.3 is 5.97 Å². The standard InChI is InChI=1S/C22H32N4O.C8H14O2/c23-22(27)18(15-17-5-2-1-3-6-17)16-25-11-13-26(14-12-25)21-8-4-7-20-19(21)9-10-24-20;1-8(7(9)10)5-3-2-4-6-8/h4,7-10,17-18,24H,1-3,5-6,11-16H2,(H2,23,27);2-6H2,1H3,(H,9,10)/t18-;/m1./s1. The van der Waals surface area contributed by atoms with Gasteiger partial charge in [-0.3, -0.25) is 14.5 Å². The zero-order valence-corrected chi connectivity index (χ0v) is 22.6. The van der Waals surface area contributed by atoms with Crippen LogP contribution in [0, 0.1) is 17.3 Å². The number of fused-ring (bicyclic) bond motifs is 1. The zero-order valence-electron chi connectivity index (χ0n) is 22.6. The van der Waals surface area contributed by atoms with Gasteiger partial charge in [0.2, 0.25) is 5.91 Å². The number of hydrogen-bond donors (Lipinski definition) is 3. The van der Waals surface area contributed by atoms with E-state index in [2.05, 4.69) is 39.0 Å². The van der Waals surface area contributed by atoms with Crippen LogP contribution in [-0.4, -0.2) is 59.6 Å². The highest BCUT2D eigenvalue weighted by Crippen LogP contribution is 2.35. The van der Waals surface area contributed by atoms with Gasteiger partial charge in [0.15, 0.2) is 0 Å². The molecule has 2 saturated carbocycles. The van der Waals surface area contributed by atoms with Crippen LogP contribution in [-0.2, 0) is 9.59 Å². The van der Waals surface area contributed by atoms with Crippen LogP contribution in [0.5, 0.6) is 0 Å². The molecule has 37 heavy (non-hydrogen) atoms. The molecule has 0 radical (unpaired) electrons. The monoisotopic (exact) mass is 510 g/mol.